The Hall–Kier alpha value is -2.11. The Kier molecular flexibility index (Phi) is 3.69. The number of rotatable bonds is 3. The van der Waals surface area contributed by atoms with Crippen molar-refractivity contribution < 1.29 is 14.3 Å². The first kappa shape index (κ1) is 13.3. The zero-order valence-electron chi connectivity index (χ0n) is 11.5. The summed E-state index contributed by atoms with van der Waals surface area (Å²) in [6, 6.07) is 3.53. The van der Waals surface area contributed by atoms with E-state index in [1.807, 2.05) is 11.0 Å². The van der Waals surface area contributed by atoms with Crippen molar-refractivity contribution in [2.75, 3.05) is 51.5 Å². The molecule has 1 heterocycles. The van der Waals surface area contributed by atoms with Gasteiger partial charge in [0.05, 0.1) is 32.1 Å². The van der Waals surface area contributed by atoms with Crippen LogP contribution < -0.4 is 20.1 Å². The van der Waals surface area contributed by atoms with E-state index in [9.17, 15) is 4.79 Å². The first-order valence-electron chi connectivity index (χ1n) is 6.07. The van der Waals surface area contributed by atoms with Gasteiger partial charge in [-0.2, -0.15) is 0 Å². The maximum absolute atomic E-state index is 11.8. The average Bonchev–Trinajstić information content (AvgIpc) is 2.41. The van der Waals surface area contributed by atoms with Gasteiger partial charge in [0.25, 0.3) is 0 Å². The predicted molar refractivity (Wildman–Crippen MR) is 73.8 cm³/mol. The minimum atomic E-state index is 0.0837. The second-order valence-electron chi connectivity index (χ2n) is 4.50. The molecular weight excluding hydrogens is 246 g/mol. The molecule has 1 amide bonds. The zero-order chi connectivity index (χ0) is 14.0. The summed E-state index contributed by atoms with van der Waals surface area (Å²) in [6.07, 6.45) is 0. The fraction of sp³-hybridized carbons (Fsp3) is 0.462. The van der Waals surface area contributed by atoms with Crippen LogP contribution in [0, 0.1) is 0 Å². The lowest BCUT2D eigenvalue weighted by atomic mass is 10.2. The Morgan fingerprint density at radius 2 is 1.79 bits per heavy atom. The Bertz CT molecular complexity index is 490. The lowest BCUT2D eigenvalue weighted by Gasteiger charge is -2.34. The number of anilines is 2. The first-order valence-corrected chi connectivity index (χ1v) is 6.07. The molecule has 0 saturated carbocycles. The van der Waals surface area contributed by atoms with Gasteiger partial charge in [-0.3, -0.25) is 4.79 Å². The third-order valence-corrected chi connectivity index (χ3v) is 3.33. The van der Waals surface area contributed by atoms with Gasteiger partial charge in [0.1, 0.15) is 0 Å². The van der Waals surface area contributed by atoms with E-state index in [-0.39, 0.29) is 5.91 Å². The van der Waals surface area contributed by atoms with Crippen LogP contribution in [0.2, 0.25) is 0 Å². The van der Waals surface area contributed by atoms with Crippen molar-refractivity contribution in [2.24, 2.45) is 0 Å². The van der Waals surface area contributed by atoms with Crippen LogP contribution in [0.15, 0.2) is 12.1 Å². The standard InChI is InChI=1S/C13H19N3O3/c1-15-4-5-16(8-13(15)17)10-7-12(19-3)11(18-2)6-9(10)14/h6-7H,4-5,8,14H2,1-3H3. The van der Waals surface area contributed by atoms with Gasteiger partial charge >= 0.3 is 0 Å². The highest BCUT2D eigenvalue weighted by Gasteiger charge is 2.23. The van der Waals surface area contributed by atoms with Gasteiger partial charge in [-0.15, -0.1) is 0 Å². The smallest absolute Gasteiger partial charge is 0.241 e. The molecule has 0 aliphatic carbocycles. The fourth-order valence-corrected chi connectivity index (χ4v) is 2.12. The number of carbonyl (C=O) groups excluding carboxylic acids is 1. The van der Waals surface area contributed by atoms with E-state index >= 15 is 0 Å². The molecule has 2 N–H and O–H groups in total. The summed E-state index contributed by atoms with van der Waals surface area (Å²) in [7, 11) is 4.95. The van der Waals surface area contributed by atoms with Crippen LogP contribution in [-0.2, 0) is 4.79 Å². The molecule has 0 spiro atoms. The number of piperazine rings is 1. The number of benzene rings is 1. The Morgan fingerprint density at radius 1 is 1.16 bits per heavy atom. The molecule has 1 saturated heterocycles. The van der Waals surface area contributed by atoms with Crippen LogP contribution >= 0.6 is 0 Å². The summed E-state index contributed by atoms with van der Waals surface area (Å²) in [5.74, 6) is 1.28. The summed E-state index contributed by atoms with van der Waals surface area (Å²) in [4.78, 5) is 15.4. The topological polar surface area (TPSA) is 68.0 Å². The quantitative estimate of drug-likeness (QED) is 0.809. The summed E-state index contributed by atoms with van der Waals surface area (Å²) >= 11 is 0. The molecular formula is C13H19N3O3. The van der Waals surface area contributed by atoms with Crippen LogP contribution in [-0.4, -0.2) is 51.7 Å². The van der Waals surface area contributed by atoms with E-state index in [0.29, 0.717) is 30.3 Å². The minimum absolute atomic E-state index is 0.0837. The molecule has 0 unspecified atom stereocenters. The molecule has 1 fully saturated rings. The van der Waals surface area contributed by atoms with Gasteiger partial charge in [0.15, 0.2) is 11.5 Å². The first-order chi connectivity index (χ1) is 9.06. The molecule has 6 heteroatoms. The fourth-order valence-electron chi connectivity index (χ4n) is 2.12. The van der Waals surface area contributed by atoms with Crippen LogP contribution in [0.4, 0.5) is 11.4 Å². The van der Waals surface area contributed by atoms with Gasteiger partial charge in [-0.25, -0.2) is 0 Å². The molecule has 1 aliphatic rings. The number of hydrogen-bond acceptors (Lipinski definition) is 5. The second-order valence-corrected chi connectivity index (χ2v) is 4.50. The predicted octanol–water partition coefficient (Wildman–Crippen LogP) is 0.564. The Morgan fingerprint density at radius 3 is 2.37 bits per heavy atom. The van der Waals surface area contributed by atoms with Crippen LogP contribution in [0.3, 0.4) is 0 Å². The maximum Gasteiger partial charge on any atom is 0.241 e. The van der Waals surface area contributed by atoms with Crippen LogP contribution in [0.1, 0.15) is 0 Å². The summed E-state index contributed by atoms with van der Waals surface area (Å²) in [6.45, 7) is 1.77. The van der Waals surface area contributed by atoms with E-state index in [4.69, 9.17) is 15.2 Å². The lowest BCUT2D eigenvalue weighted by molar-refractivity contribution is -0.129. The zero-order valence-corrected chi connectivity index (χ0v) is 11.5. The summed E-state index contributed by atoms with van der Waals surface area (Å²) in [5.41, 5.74) is 7.41. The van der Waals surface area contributed by atoms with Gasteiger partial charge in [-0.05, 0) is 0 Å². The molecule has 1 aliphatic heterocycles. The van der Waals surface area contributed by atoms with E-state index in [2.05, 4.69) is 0 Å². The van der Waals surface area contributed by atoms with Crippen molar-refractivity contribution in [3.63, 3.8) is 0 Å². The molecule has 0 radical (unpaired) electrons. The van der Waals surface area contributed by atoms with Crippen molar-refractivity contribution in [3.8, 4) is 11.5 Å². The maximum atomic E-state index is 11.8. The lowest BCUT2D eigenvalue weighted by Crippen LogP contribution is -2.48. The Labute approximate surface area is 112 Å². The van der Waals surface area contributed by atoms with Crippen molar-refractivity contribution in [2.45, 2.75) is 0 Å². The molecule has 1 aromatic rings. The van der Waals surface area contributed by atoms with E-state index in [1.54, 1.807) is 32.2 Å². The molecule has 1 aromatic carbocycles. The third kappa shape index (κ3) is 2.52. The Balaban J connectivity index is 2.32. The van der Waals surface area contributed by atoms with Crippen molar-refractivity contribution >= 4 is 17.3 Å². The monoisotopic (exact) mass is 265 g/mol. The number of nitrogens with two attached hydrogens (primary N) is 1. The van der Waals surface area contributed by atoms with Gasteiger partial charge in [0.2, 0.25) is 5.91 Å². The number of amides is 1. The van der Waals surface area contributed by atoms with Gasteiger partial charge < -0.3 is 25.0 Å². The van der Waals surface area contributed by atoms with Gasteiger partial charge in [-0.1, -0.05) is 0 Å². The normalized spacial score (nSPS) is 15.6. The second kappa shape index (κ2) is 5.26. The highest BCUT2D eigenvalue weighted by Crippen LogP contribution is 2.37. The van der Waals surface area contributed by atoms with Crippen molar-refractivity contribution in [3.05, 3.63) is 12.1 Å². The number of nitrogen functional groups attached to an aromatic ring is 1. The minimum Gasteiger partial charge on any atom is -0.493 e. The van der Waals surface area contributed by atoms with E-state index in [1.165, 1.54) is 0 Å². The van der Waals surface area contributed by atoms with E-state index in [0.717, 1.165) is 12.2 Å². The molecule has 2 rings (SSSR count). The highest BCUT2D eigenvalue weighted by molar-refractivity contribution is 5.85. The van der Waals surface area contributed by atoms with Crippen molar-refractivity contribution in [1.29, 1.82) is 0 Å². The number of hydrogen-bond donors (Lipinski definition) is 1. The van der Waals surface area contributed by atoms with Crippen molar-refractivity contribution in [1.82, 2.24) is 4.90 Å². The van der Waals surface area contributed by atoms with Crippen LogP contribution in [0.25, 0.3) is 0 Å². The number of carbonyl (C=O) groups is 1. The molecule has 19 heavy (non-hydrogen) atoms. The molecule has 0 aromatic heterocycles. The molecule has 104 valence electrons. The SMILES string of the molecule is COc1cc(N)c(N2CCN(C)C(=O)C2)cc1OC. The average molecular weight is 265 g/mol. The molecule has 0 bridgehead atoms. The molecule has 6 nitrogen and oxygen atoms in total. The largest absolute Gasteiger partial charge is 0.493 e. The van der Waals surface area contributed by atoms with Gasteiger partial charge in [0, 0.05) is 32.3 Å². The van der Waals surface area contributed by atoms with Crippen LogP contribution in [0.5, 0.6) is 11.5 Å². The van der Waals surface area contributed by atoms with E-state index < -0.39 is 0 Å². The highest BCUT2D eigenvalue weighted by atomic mass is 16.5. The number of nitrogens with zero attached hydrogens (tertiary/aromatic N) is 2. The number of methoxy groups -OCH3 is 2. The number of likely N-dealkylation sites (N-methyl/N-ethyl adjacent to an activating group) is 1. The number of ether oxygens (including phenoxy) is 2. The third-order valence-electron chi connectivity index (χ3n) is 3.33. The summed E-state index contributed by atoms with van der Waals surface area (Å²) in [5, 5.41) is 0. The molecule has 0 atom stereocenters. The summed E-state index contributed by atoms with van der Waals surface area (Å²) < 4.78 is 10.5.